The van der Waals surface area contributed by atoms with E-state index in [2.05, 4.69) is 30.7 Å². The van der Waals surface area contributed by atoms with Crippen LogP contribution >= 0.6 is 0 Å². The van der Waals surface area contributed by atoms with Crippen molar-refractivity contribution in [3.63, 3.8) is 0 Å². The molecule has 0 spiro atoms. The van der Waals surface area contributed by atoms with E-state index < -0.39 is 6.17 Å². The standard InChI is InChI=1S/C25H25FN8O/c1-13-16(10-29-19-4-2-3-18(26)24(13)19)20-7-14-8-21(30-11-17(14)25(27)31-20)32-22-9-15-5-6-28-23(35)12-34(15)33-22/h7-11,18H,2-6,12H2,1H3,(H2,27,31)(H,28,35)(H,30,32,33). The molecule has 0 bridgehead atoms. The molecular formula is C25H25FN8O. The van der Waals surface area contributed by atoms with Gasteiger partial charge in [-0.1, -0.05) is 0 Å². The van der Waals surface area contributed by atoms with E-state index in [-0.39, 0.29) is 12.5 Å². The molecule has 1 aliphatic heterocycles. The Morgan fingerprint density at radius 1 is 1.17 bits per heavy atom. The Kier molecular flexibility index (Phi) is 5.09. The number of hydrogen-bond donors (Lipinski definition) is 3. The van der Waals surface area contributed by atoms with E-state index in [1.165, 1.54) is 0 Å². The summed E-state index contributed by atoms with van der Waals surface area (Å²) >= 11 is 0. The number of carbonyl (C=O) groups excluding carboxylic acids is 1. The van der Waals surface area contributed by atoms with Gasteiger partial charge in [0.25, 0.3) is 0 Å². The Hall–Kier alpha value is -4.08. The summed E-state index contributed by atoms with van der Waals surface area (Å²) in [7, 11) is 0. The molecule has 4 aromatic rings. The second-order valence-corrected chi connectivity index (χ2v) is 9.10. The third-order valence-corrected chi connectivity index (χ3v) is 6.79. The van der Waals surface area contributed by atoms with Crippen LogP contribution in [-0.2, 0) is 24.2 Å². The zero-order valence-electron chi connectivity index (χ0n) is 19.3. The predicted octanol–water partition coefficient (Wildman–Crippen LogP) is 3.54. The Morgan fingerprint density at radius 3 is 2.94 bits per heavy atom. The Labute approximate surface area is 201 Å². The van der Waals surface area contributed by atoms with Crippen molar-refractivity contribution in [3.8, 4) is 11.3 Å². The van der Waals surface area contributed by atoms with Crippen molar-refractivity contribution >= 4 is 34.1 Å². The van der Waals surface area contributed by atoms with Crippen LogP contribution in [0.25, 0.3) is 22.0 Å². The van der Waals surface area contributed by atoms with Crippen molar-refractivity contribution in [2.75, 3.05) is 17.6 Å². The molecule has 4 aromatic heterocycles. The van der Waals surface area contributed by atoms with Gasteiger partial charge in [-0.3, -0.25) is 14.5 Å². The molecule has 9 nitrogen and oxygen atoms in total. The van der Waals surface area contributed by atoms with Crippen molar-refractivity contribution in [3.05, 3.63) is 53.1 Å². The number of nitrogens with one attached hydrogen (secondary N) is 2. The van der Waals surface area contributed by atoms with Gasteiger partial charge in [0.1, 0.15) is 24.4 Å². The molecule has 35 heavy (non-hydrogen) atoms. The SMILES string of the molecule is Cc1c(-c2cc3cc(Nc4cc5n(n4)CC(=O)NCC5)ncc3c(N)n2)cnc2c1C(F)CCC2. The van der Waals surface area contributed by atoms with Gasteiger partial charge in [-0.25, -0.2) is 14.4 Å². The average Bonchev–Trinajstić information content (AvgIpc) is 3.10. The lowest BCUT2D eigenvalue weighted by atomic mass is 9.88. The van der Waals surface area contributed by atoms with E-state index in [1.54, 1.807) is 17.1 Å². The van der Waals surface area contributed by atoms with Crippen molar-refractivity contribution in [2.45, 2.75) is 45.3 Å². The second-order valence-electron chi connectivity index (χ2n) is 9.10. The predicted molar refractivity (Wildman–Crippen MR) is 131 cm³/mol. The number of nitrogens with two attached hydrogens (primary N) is 1. The number of aryl methyl sites for hydroxylation is 1. The Balaban J connectivity index is 1.36. The normalized spacial score (nSPS) is 17.4. The molecule has 1 atom stereocenters. The van der Waals surface area contributed by atoms with Crippen LogP contribution < -0.4 is 16.4 Å². The number of alkyl halides is 1. The van der Waals surface area contributed by atoms with E-state index in [4.69, 9.17) is 5.73 Å². The van der Waals surface area contributed by atoms with E-state index in [1.807, 2.05) is 25.1 Å². The lowest BCUT2D eigenvalue weighted by Crippen LogP contribution is -2.25. The fourth-order valence-electron chi connectivity index (χ4n) is 5.02. The highest BCUT2D eigenvalue weighted by Crippen LogP contribution is 2.38. The summed E-state index contributed by atoms with van der Waals surface area (Å²) < 4.78 is 16.4. The van der Waals surface area contributed by atoms with Gasteiger partial charge in [0.05, 0.1) is 5.69 Å². The van der Waals surface area contributed by atoms with E-state index in [9.17, 15) is 9.18 Å². The van der Waals surface area contributed by atoms with Gasteiger partial charge in [-0.05, 0) is 49.3 Å². The minimum absolute atomic E-state index is 0.0521. The molecule has 10 heteroatoms. The molecule has 0 fully saturated rings. The average molecular weight is 473 g/mol. The van der Waals surface area contributed by atoms with Gasteiger partial charge < -0.3 is 16.4 Å². The van der Waals surface area contributed by atoms with Crippen LogP contribution in [0, 0.1) is 6.92 Å². The maximum atomic E-state index is 14.7. The van der Waals surface area contributed by atoms with Gasteiger partial charge in [0.2, 0.25) is 5.91 Å². The first-order valence-corrected chi connectivity index (χ1v) is 11.8. The maximum absolute atomic E-state index is 14.7. The number of nitrogens with zero attached hydrogens (tertiary/aromatic N) is 5. The molecule has 6 rings (SSSR count). The summed E-state index contributed by atoms with van der Waals surface area (Å²) in [6.45, 7) is 2.72. The summed E-state index contributed by atoms with van der Waals surface area (Å²) in [5.41, 5.74) is 11.1. The number of carbonyl (C=O) groups is 1. The van der Waals surface area contributed by atoms with E-state index in [0.717, 1.165) is 46.1 Å². The van der Waals surface area contributed by atoms with Crippen LogP contribution in [0.2, 0.25) is 0 Å². The van der Waals surface area contributed by atoms with Gasteiger partial charge in [-0.2, -0.15) is 5.10 Å². The fraction of sp³-hybridized carbons (Fsp3) is 0.320. The smallest absolute Gasteiger partial charge is 0.241 e. The number of nitrogen functional groups attached to an aromatic ring is 1. The van der Waals surface area contributed by atoms with Crippen LogP contribution in [0.15, 0.2) is 30.6 Å². The van der Waals surface area contributed by atoms with Crippen LogP contribution in [0.5, 0.6) is 0 Å². The lowest BCUT2D eigenvalue weighted by Gasteiger charge is -2.22. The second kappa shape index (κ2) is 8.30. The monoisotopic (exact) mass is 472 g/mol. The third kappa shape index (κ3) is 3.84. The molecule has 0 aromatic carbocycles. The molecule has 0 radical (unpaired) electrons. The highest BCUT2D eigenvalue weighted by atomic mass is 19.1. The minimum atomic E-state index is -1.000. The van der Waals surface area contributed by atoms with Gasteiger partial charge in [0, 0.05) is 59.3 Å². The van der Waals surface area contributed by atoms with Gasteiger partial charge >= 0.3 is 0 Å². The maximum Gasteiger partial charge on any atom is 0.241 e. The topological polar surface area (TPSA) is 124 Å². The number of pyridine rings is 3. The molecule has 1 aliphatic carbocycles. The summed E-state index contributed by atoms with van der Waals surface area (Å²) in [5, 5.41) is 12.1. The van der Waals surface area contributed by atoms with Gasteiger partial charge in [-0.15, -0.1) is 0 Å². The summed E-state index contributed by atoms with van der Waals surface area (Å²) in [6, 6.07) is 5.74. The number of halogens is 1. The number of aromatic nitrogens is 5. The van der Waals surface area contributed by atoms with Crippen molar-refractivity contribution < 1.29 is 9.18 Å². The van der Waals surface area contributed by atoms with Crippen molar-refractivity contribution in [1.82, 2.24) is 30.0 Å². The first-order valence-electron chi connectivity index (χ1n) is 11.8. The molecule has 2 aliphatic rings. The van der Waals surface area contributed by atoms with E-state index in [0.29, 0.717) is 48.1 Å². The molecule has 1 amide bonds. The molecule has 5 heterocycles. The molecule has 0 saturated carbocycles. The largest absolute Gasteiger partial charge is 0.383 e. The fourth-order valence-corrected chi connectivity index (χ4v) is 5.02. The zero-order chi connectivity index (χ0) is 24.1. The highest BCUT2D eigenvalue weighted by Gasteiger charge is 2.25. The summed E-state index contributed by atoms with van der Waals surface area (Å²) in [6.07, 6.45) is 5.30. The molecule has 1 unspecified atom stereocenters. The van der Waals surface area contributed by atoms with Crippen LogP contribution in [-0.4, -0.2) is 37.2 Å². The van der Waals surface area contributed by atoms with Crippen molar-refractivity contribution in [1.29, 1.82) is 0 Å². The highest BCUT2D eigenvalue weighted by molar-refractivity contribution is 5.95. The van der Waals surface area contributed by atoms with E-state index >= 15 is 0 Å². The van der Waals surface area contributed by atoms with Crippen LogP contribution in [0.4, 0.5) is 21.8 Å². The number of anilines is 3. The first kappa shape index (κ1) is 21.5. The third-order valence-electron chi connectivity index (χ3n) is 6.79. The number of rotatable bonds is 3. The quantitative estimate of drug-likeness (QED) is 0.417. The van der Waals surface area contributed by atoms with Crippen LogP contribution in [0.3, 0.4) is 0 Å². The minimum Gasteiger partial charge on any atom is -0.383 e. The number of fused-ring (bicyclic) bond motifs is 3. The number of hydrogen-bond acceptors (Lipinski definition) is 7. The molecule has 178 valence electrons. The lowest BCUT2D eigenvalue weighted by molar-refractivity contribution is -0.121. The van der Waals surface area contributed by atoms with Crippen molar-refractivity contribution in [2.24, 2.45) is 0 Å². The number of amides is 1. The molecule has 4 N–H and O–H groups in total. The summed E-state index contributed by atoms with van der Waals surface area (Å²) in [4.78, 5) is 25.4. The van der Waals surface area contributed by atoms with Gasteiger partial charge in [0.15, 0.2) is 5.82 Å². The molecule has 0 saturated heterocycles. The summed E-state index contributed by atoms with van der Waals surface area (Å²) in [5.74, 6) is 1.51. The zero-order valence-corrected chi connectivity index (χ0v) is 19.3. The Bertz CT molecular complexity index is 1480. The first-order chi connectivity index (χ1) is 17.0. The Morgan fingerprint density at radius 2 is 2.06 bits per heavy atom. The molecular weight excluding hydrogens is 447 g/mol. The van der Waals surface area contributed by atoms with Crippen LogP contribution in [0.1, 0.15) is 41.5 Å².